The number of ether oxygens (including phenoxy) is 1. The third-order valence-corrected chi connectivity index (χ3v) is 4.63. The second-order valence-electron chi connectivity index (χ2n) is 6.45. The molecule has 1 aromatic heterocycles. The molecule has 0 spiro atoms. The van der Waals surface area contributed by atoms with Crippen molar-refractivity contribution < 1.29 is 9.26 Å². The number of guanidine groups is 1. The van der Waals surface area contributed by atoms with E-state index in [-0.39, 0.29) is 24.0 Å². The van der Waals surface area contributed by atoms with Crippen LogP contribution in [0, 0.1) is 5.92 Å². The van der Waals surface area contributed by atoms with E-state index in [4.69, 9.17) is 20.9 Å². The summed E-state index contributed by atoms with van der Waals surface area (Å²) in [5.41, 5.74) is 0.826. The number of rotatable bonds is 7. The molecule has 154 valence electrons. The molecule has 0 amide bonds. The summed E-state index contributed by atoms with van der Waals surface area (Å²) in [6.45, 7) is 8.72. The van der Waals surface area contributed by atoms with Crippen LogP contribution in [0.15, 0.2) is 33.8 Å². The van der Waals surface area contributed by atoms with Crippen LogP contribution in [0.3, 0.4) is 0 Å². The molecule has 7 nitrogen and oxygen atoms in total. The number of hydrogen-bond donors (Lipinski definition) is 1. The smallest absolute Gasteiger partial charge is 0.248 e. The van der Waals surface area contributed by atoms with E-state index in [1.54, 1.807) is 0 Å². The van der Waals surface area contributed by atoms with E-state index in [1.807, 2.05) is 31.2 Å². The molecule has 1 N–H and O–H groups in total. The van der Waals surface area contributed by atoms with Gasteiger partial charge in [-0.25, -0.2) is 4.99 Å². The fraction of sp³-hybridized carbons (Fsp3) is 0.526. The van der Waals surface area contributed by atoms with Gasteiger partial charge in [-0.1, -0.05) is 28.9 Å². The SMILES string of the molecule is CCNC(=NCc1nc(-c2cccc(Cl)c2)no1)N1CCC(COCC)C1.I. The molecule has 3 rings (SSSR count). The largest absolute Gasteiger partial charge is 0.381 e. The van der Waals surface area contributed by atoms with Crippen molar-refractivity contribution in [3.63, 3.8) is 0 Å². The molecule has 0 bridgehead atoms. The van der Waals surface area contributed by atoms with E-state index in [9.17, 15) is 0 Å². The van der Waals surface area contributed by atoms with Crippen molar-refractivity contribution in [1.29, 1.82) is 0 Å². The fourth-order valence-electron chi connectivity index (χ4n) is 3.08. The number of hydrogen-bond acceptors (Lipinski definition) is 5. The second kappa shape index (κ2) is 11.6. The third-order valence-electron chi connectivity index (χ3n) is 4.39. The Hall–Kier alpha value is -1.39. The molecule has 1 unspecified atom stereocenters. The molecule has 1 aliphatic heterocycles. The van der Waals surface area contributed by atoms with Gasteiger partial charge in [-0.3, -0.25) is 0 Å². The molecule has 0 saturated carbocycles. The van der Waals surface area contributed by atoms with Gasteiger partial charge in [0.05, 0.1) is 6.61 Å². The summed E-state index contributed by atoms with van der Waals surface area (Å²) in [4.78, 5) is 11.4. The van der Waals surface area contributed by atoms with Gasteiger partial charge in [0, 0.05) is 42.7 Å². The minimum atomic E-state index is 0. The number of halogens is 2. The Morgan fingerprint density at radius 1 is 1.43 bits per heavy atom. The maximum atomic E-state index is 6.02. The zero-order valence-electron chi connectivity index (χ0n) is 16.2. The predicted octanol–water partition coefficient (Wildman–Crippen LogP) is 3.83. The number of aromatic nitrogens is 2. The lowest BCUT2D eigenvalue weighted by atomic mass is 10.1. The van der Waals surface area contributed by atoms with Crippen LogP contribution in [-0.4, -0.2) is 53.8 Å². The lowest BCUT2D eigenvalue weighted by molar-refractivity contribution is 0.114. The van der Waals surface area contributed by atoms with E-state index in [0.717, 1.165) is 50.8 Å². The number of nitrogens with one attached hydrogen (secondary N) is 1. The van der Waals surface area contributed by atoms with Crippen molar-refractivity contribution in [3.05, 3.63) is 35.2 Å². The average Bonchev–Trinajstić information content (AvgIpc) is 3.33. The normalized spacial score (nSPS) is 16.9. The van der Waals surface area contributed by atoms with Crippen molar-refractivity contribution in [2.75, 3.05) is 32.8 Å². The highest BCUT2D eigenvalue weighted by Gasteiger charge is 2.25. The monoisotopic (exact) mass is 519 g/mol. The van der Waals surface area contributed by atoms with E-state index >= 15 is 0 Å². The topological polar surface area (TPSA) is 75.8 Å². The summed E-state index contributed by atoms with van der Waals surface area (Å²) in [6, 6.07) is 7.39. The Morgan fingerprint density at radius 2 is 2.29 bits per heavy atom. The standard InChI is InChI=1S/C19H26ClN5O2.HI/c1-3-21-19(25-9-8-14(12-25)13-26-4-2)22-11-17-23-18(24-27-17)15-6-5-7-16(20)10-15;/h5-7,10,14H,3-4,8-9,11-13H2,1-2H3,(H,21,22);1H. The van der Waals surface area contributed by atoms with Crippen LogP contribution in [0.4, 0.5) is 0 Å². The van der Waals surface area contributed by atoms with E-state index in [2.05, 4.69) is 32.3 Å². The second-order valence-corrected chi connectivity index (χ2v) is 6.89. The molecule has 1 aliphatic rings. The van der Waals surface area contributed by atoms with Gasteiger partial charge in [0.25, 0.3) is 0 Å². The minimum Gasteiger partial charge on any atom is -0.381 e. The average molecular weight is 520 g/mol. The van der Waals surface area contributed by atoms with Crippen LogP contribution < -0.4 is 5.32 Å². The van der Waals surface area contributed by atoms with Gasteiger partial charge in [-0.15, -0.1) is 24.0 Å². The first-order chi connectivity index (χ1) is 13.2. The first kappa shape index (κ1) is 22.9. The van der Waals surface area contributed by atoms with Crippen molar-refractivity contribution in [2.45, 2.75) is 26.8 Å². The highest BCUT2D eigenvalue weighted by molar-refractivity contribution is 14.0. The molecule has 28 heavy (non-hydrogen) atoms. The summed E-state index contributed by atoms with van der Waals surface area (Å²) in [6.07, 6.45) is 1.11. The highest BCUT2D eigenvalue weighted by atomic mass is 127. The summed E-state index contributed by atoms with van der Waals surface area (Å²) >= 11 is 6.02. The fourth-order valence-corrected chi connectivity index (χ4v) is 3.27. The van der Waals surface area contributed by atoms with Gasteiger partial charge in [0.2, 0.25) is 11.7 Å². The first-order valence-electron chi connectivity index (χ1n) is 9.39. The van der Waals surface area contributed by atoms with E-state index < -0.39 is 0 Å². The van der Waals surface area contributed by atoms with Gasteiger partial charge in [-0.2, -0.15) is 4.98 Å². The molecular weight excluding hydrogens is 493 g/mol. The summed E-state index contributed by atoms with van der Waals surface area (Å²) < 4.78 is 10.9. The highest BCUT2D eigenvalue weighted by Crippen LogP contribution is 2.20. The van der Waals surface area contributed by atoms with Crippen LogP contribution in [0.2, 0.25) is 5.02 Å². The van der Waals surface area contributed by atoms with E-state index in [1.165, 1.54) is 0 Å². The van der Waals surface area contributed by atoms with Crippen molar-refractivity contribution >= 4 is 41.5 Å². The predicted molar refractivity (Wildman–Crippen MR) is 121 cm³/mol. The molecule has 0 radical (unpaired) electrons. The number of benzene rings is 1. The molecule has 1 atom stereocenters. The molecule has 1 fully saturated rings. The van der Waals surface area contributed by atoms with Crippen LogP contribution >= 0.6 is 35.6 Å². The van der Waals surface area contributed by atoms with Gasteiger partial charge >= 0.3 is 0 Å². The number of nitrogens with zero attached hydrogens (tertiary/aromatic N) is 4. The summed E-state index contributed by atoms with van der Waals surface area (Å²) in [5, 5.41) is 8.02. The first-order valence-corrected chi connectivity index (χ1v) is 9.77. The minimum absolute atomic E-state index is 0. The van der Waals surface area contributed by atoms with Crippen molar-refractivity contribution in [1.82, 2.24) is 20.4 Å². The molecular formula is C19H27ClIN5O2. The zero-order chi connectivity index (χ0) is 19.1. The van der Waals surface area contributed by atoms with Crippen LogP contribution in [0.25, 0.3) is 11.4 Å². The number of likely N-dealkylation sites (tertiary alicyclic amines) is 1. The van der Waals surface area contributed by atoms with E-state index in [0.29, 0.717) is 29.2 Å². The zero-order valence-corrected chi connectivity index (χ0v) is 19.3. The van der Waals surface area contributed by atoms with Gasteiger partial charge in [0.1, 0.15) is 6.54 Å². The van der Waals surface area contributed by atoms with Crippen molar-refractivity contribution in [3.8, 4) is 11.4 Å². The Kier molecular flexibility index (Phi) is 9.46. The molecule has 1 saturated heterocycles. The van der Waals surface area contributed by atoms with Crippen LogP contribution in [0.5, 0.6) is 0 Å². The Morgan fingerprint density at radius 3 is 3.04 bits per heavy atom. The summed E-state index contributed by atoms with van der Waals surface area (Å²) in [7, 11) is 0. The maximum absolute atomic E-state index is 6.02. The Bertz CT molecular complexity index is 770. The number of aliphatic imine (C=N–C) groups is 1. The van der Waals surface area contributed by atoms with Crippen LogP contribution in [0.1, 0.15) is 26.2 Å². The Balaban J connectivity index is 0.00000280. The molecule has 1 aromatic carbocycles. The van der Waals surface area contributed by atoms with Crippen molar-refractivity contribution in [2.24, 2.45) is 10.9 Å². The summed E-state index contributed by atoms with van der Waals surface area (Å²) in [5.74, 6) is 2.42. The molecule has 9 heteroatoms. The molecule has 2 heterocycles. The van der Waals surface area contributed by atoms with Gasteiger partial charge < -0.3 is 19.5 Å². The van der Waals surface area contributed by atoms with Crippen LogP contribution in [-0.2, 0) is 11.3 Å². The van der Waals surface area contributed by atoms with Gasteiger partial charge in [-0.05, 0) is 32.4 Å². The quantitative estimate of drug-likeness (QED) is 0.340. The third kappa shape index (κ3) is 6.31. The molecule has 0 aliphatic carbocycles. The maximum Gasteiger partial charge on any atom is 0.248 e. The molecule has 2 aromatic rings. The van der Waals surface area contributed by atoms with Gasteiger partial charge in [0.15, 0.2) is 5.96 Å². The lowest BCUT2D eigenvalue weighted by Crippen LogP contribution is -2.40. The lowest BCUT2D eigenvalue weighted by Gasteiger charge is -2.21. The Labute approximate surface area is 187 Å².